The van der Waals surface area contributed by atoms with E-state index in [-0.39, 0.29) is 16.2 Å². The Morgan fingerprint density at radius 3 is 2.50 bits per heavy atom. The van der Waals surface area contributed by atoms with E-state index in [2.05, 4.69) is 0 Å². The number of nitriles is 1. The van der Waals surface area contributed by atoms with Crippen molar-refractivity contribution < 1.29 is 17.0 Å². The van der Waals surface area contributed by atoms with Crippen LogP contribution in [-0.2, 0) is 16.5 Å². The zero-order valence-electron chi connectivity index (χ0n) is 13.9. The maximum Gasteiger partial charge on any atom is 0.339 e. The molecule has 3 rings (SSSR count). The second-order valence-electron chi connectivity index (χ2n) is 5.67. The van der Waals surface area contributed by atoms with E-state index in [0.29, 0.717) is 12.0 Å². The number of fused-ring (bicyclic) bond motifs is 1. The normalized spacial score (nSPS) is 11.2. The van der Waals surface area contributed by atoms with Gasteiger partial charge in [0.15, 0.2) is 0 Å². The van der Waals surface area contributed by atoms with Crippen LogP contribution in [0.15, 0.2) is 62.6 Å². The minimum Gasteiger partial charge on any atom is -0.423 e. The molecule has 0 atom stereocenters. The van der Waals surface area contributed by atoms with Crippen LogP contribution in [0.2, 0.25) is 0 Å². The standard InChI is InChI=1S/C19H15NO5S/c1-2-3-14-10-19(21)24-18-11-15(6-9-17(14)18)25-26(22,23)16-7-4-13(12-20)5-8-16/h4-11H,2-3H2,1H3. The molecule has 3 aromatic rings. The van der Waals surface area contributed by atoms with Gasteiger partial charge in [-0.25, -0.2) is 4.79 Å². The third-order valence-electron chi connectivity index (χ3n) is 3.80. The van der Waals surface area contributed by atoms with Crippen molar-refractivity contribution in [1.82, 2.24) is 0 Å². The van der Waals surface area contributed by atoms with Crippen LogP contribution in [0.5, 0.6) is 5.75 Å². The molecule has 26 heavy (non-hydrogen) atoms. The van der Waals surface area contributed by atoms with Crippen LogP contribution in [0.4, 0.5) is 0 Å². The van der Waals surface area contributed by atoms with Gasteiger partial charge in [-0.3, -0.25) is 0 Å². The van der Waals surface area contributed by atoms with Crippen molar-refractivity contribution in [2.45, 2.75) is 24.7 Å². The Labute approximate surface area is 150 Å². The quantitative estimate of drug-likeness (QED) is 0.505. The minimum atomic E-state index is -4.07. The highest BCUT2D eigenvalue weighted by Gasteiger charge is 2.17. The molecule has 132 valence electrons. The predicted molar refractivity (Wildman–Crippen MR) is 95.4 cm³/mol. The Morgan fingerprint density at radius 1 is 1.12 bits per heavy atom. The summed E-state index contributed by atoms with van der Waals surface area (Å²) in [5, 5.41) is 9.53. The molecule has 0 unspecified atom stereocenters. The Balaban J connectivity index is 1.97. The first-order chi connectivity index (χ1) is 12.4. The molecule has 0 aliphatic heterocycles. The molecular formula is C19H15NO5S. The lowest BCUT2D eigenvalue weighted by molar-refractivity contribution is 0.485. The summed E-state index contributed by atoms with van der Waals surface area (Å²) in [5.74, 6) is 0.0404. The van der Waals surface area contributed by atoms with Gasteiger partial charge in [-0.15, -0.1) is 0 Å². The highest BCUT2D eigenvalue weighted by Crippen LogP contribution is 2.26. The van der Waals surface area contributed by atoms with Crippen LogP contribution < -0.4 is 9.81 Å². The van der Waals surface area contributed by atoms with E-state index in [1.165, 1.54) is 42.5 Å². The first-order valence-corrected chi connectivity index (χ1v) is 9.35. The van der Waals surface area contributed by atoms with Gasteiger partial charge >= 0.3 is 15.7 Å². The molecule has 0 radical (unpaired) electrons. The van der Waals surface area contributed by atoms with Crippen molar-refractivity contribution >= 4 is 21.1 Å². The maximum absolute atomic E-state index is 12.4. The fraction of sp³-hybridized carbons (Fsp3) is 0.158. The Morgan fingerprint density at radius 2 is 1.85 bits per heavy atom. The SMILES string of the molecule is CCCc1cc(=O)oc2cc(OS(=O)(=O)c3ccc(C#N)cc3)ccc12. The molecule has 0 bridgehead atoms. The van der Waals surface area contributed by atoms with Gasteiger partial charge in [0, 0.05) is 17.5 Å². The number of hydrogen-bond acceptors (Lipinski definition) is 6. The van der Waals surface area contributed by atoms with Crippen LogP contribution in [-0.4, -0.2) is 8.42 Å². The van der Waals surface area contributed by atoms with E-state index in [1.807, 2.05) is 13.0 Å². The summed E-state index contributed by atoms with van der Waals surface area (Å²) >= 11 is 0. The lowest BCUT2D eigenvalue weighted by Gasteiger charge is -2.09. The number of aryl methyl sites for hydroxylation is 1. The number of nitrogens with zero attached hydrogens (tertiary/aromatic N) is 1. The van der Waals surface area contributed by atoms with E-state index >= 15 is 0 Å². The second kappa shape index (κ2) is 7.02. The van der Waals surface area contributed by atoms with E-state index in [0.717, 1.165) is 17.4 Å². The van der Waals surface area contributed by atoms with E-state index < -0.39 is 15.7 Å². The van der Waals surface area contributed by atoms with Crippen molar-refractivity contribution in [3.8, 4) is 11.8 Å². The Bertz CT molecular complexity index is 1160. The number of hydrogen-bond donors (Lipinski definition) is 0. The minimum absolute atomic E-state index is 0.0404. The van der Waals surface area contributed by atoms with Gasteiger partial charge in [0.2, 0.25) is 0 Å². The maximum atomic E-state index is 12.4. The highest BCUT2D eigenvalue weighted by molar-refractivity contribution is 7.87. The molecular weight excluding hydrogens is 354 g/mol. The van der Waals surface area contributed by atoms with Gasteiger partial charge in [0.1, 0.15) is 16.2 Å². The van der Waals surface area contributed by atoms with Crippen molar-refractivity contribution in [1.29, 1.82) is 5.26 Å². The van der Waals surface area contributed by atoms with Crippen molar-refractivity contribution in [3.63, 3.8) is 0 Å². The average Bonchev–Trinajstić information content (AvgIpc) is 2.61. The summed E-state index contributed by atoms with van der Waals surface area (Å²) in [7, 11) is -4.07. The summed E-state index contributed by atoms with van der Waals surface area (Å²) in [6.07, 6.45) is 1.58. The third-order valence-corrected chi connectivity index (χ3v) is 5.06. The zero-order valence-corrected chi connectivity index (χ0v) is 14.7. The van der Waals surface area contributed by atoms with Gasteiger partial charge in [-0.05, 0) is 48.4 Å². The van der Waals surface area contributed by atoms with E-state index in [9.17, 15) is 13.2 Å². The molecule has 0 saturated carbocycles. The van der Waals surface area contributed by atoms with Crippen LogP contribution in [0.1, 0.15) is 24.5 Å². The average molecular weight is 369 g/mol. The lowest BCUT2D eigenvalue weighted by atomic mass is 10.1. The van der Waals surface area contributed by atoms with Crippen molar-refractivity contribution in [2.75, 3.05) is 0 Å². The van der Waals surface area contributed by atoms with Gasteiger partial charge in [0.05, 0.1) is 11.6 Å². The molecule has 0 spiro atoms. The fourth-order valence-electron chi connectivity index (χ4n) is 2.61. The zero-order chi connectivity index (χ0) is 18.7. The fourth-order valence-corrected chi connectivity index (χ4v) is 3.53. The molecule has 6 nitrogen and oxygen atoms in total. The molecule has 0 saturated heterocycles. The molecule has 0 aliphatic rings. The number of benzene rings is 2. The van der Waals surface area contributed by atoms with Gasteiger partial charge < -0.3 is 8.60 Å². The summed E-state index contributed by atoms with van der Waals surface area (Å²) < 4.78 is 35.1. The van der Waals surface area contributed by atoms with Gasteiger partial charge in [-0.1, -0.05) is 13.3 Å². The lowest BCUT2D eigenvalue weighted by Crippen LogP contribution is -2.10. The molecule has 7 heteroatoms. The molecule has 0 amide bonds. The van der Waals surface area contributed by atoms with E-state index in [1.54, 1.807) is 6.07 Å². The van der Waals surface area contributed by atoms with Gasteiger partial charge in [-0.2, -0.15) is 13.7 Å². The molecule has 2 aromatic carbocycles. The molecule has 1 aromatic heterocycles. The monoisotopic (exact) mass is 369 g/mol. The molecule has 1 heterocycles. The smallest absolute Gasteiger partial charge is 0.339 e. The highest BCUT2D eigenvalue weighted by atomic mass is 32.2. The van der Waals surface area contributed by atoms with Gasteiger partial charge in [0.25, 0.3) is 0 Å². The van der Waals surface area contributed by atoms with Crippen LogP contribution in [0.3, 0.4) is 0 Å². The Hall–Kier alpha value is -3.11. The molecule has 0 aliphatic carbocycles. The summed E-state index contributed by atoms with van der Waals surface area (Å²) in [4.78, 5) is 11.6. The Kier molecular flexibility index (Phi) is 4.78. The number of rotatable bonds is 5. The van der Waals surface area contributed by atoms with Crippen LogP contribution >= 0.6 is 0 Å². The van der Waals surface area contributed by atoms with Crippen molar-refractivity contribution in [2.24, 2.45) is 0 Å². The van der Waals surface area contributed by atoms with Crippen LogP contribution in [0.25, 0.3) is 11.0 Å². The second-order valence-corrected chi connectivity index (χ2v) is 7.22. The largest absolute Gasteiger partial charge is 0.423 e. The topological polar surface area (TPSA) is 97.4 Å². The predicted octanol–water partition coefficient (Wildman–Crippen LogP) is 3.38. The summed E-state index contributed by atoms with van der Waals surface area (Å²) in [6, 6.07) is 13.3. The van der Waals surface area contributed by atoms with Crippen LogP contribution in [0, 0.1) is 11.3 Å². The van der Waals surface area contributed by atoms with E-state index in [4.69, 9.17) is 13.9 Å². The molecule has 0 fully saturated rings. The van der Waals surface area contributed by atoms with Crippen molar-refractivity contribution in [3.05, 3.63) is 70.1 Å². The summed E-state index contributed by atoms with van der Waals surface area (Å²) in [6.45, 7) is 2.00. The first kappa shape index (κ1) is 17.7. The third kappa shape index (κ3) is 3.60. The first-order valence-electron chi connectivity index (χ1n) is 7.94. The summed E-state index contributed by atoms with van der Waals surface area (Å²) in [5.41, 5.74) is 0.974. The molecule has 0 N–H and O–H groups in total.